The van der Waals surface area contributed by atoms with Crippen LogP contribution in [0, 0.1) is 12.8 Å². The molecule has 140 valence electrons. The average molecular weight is 357 g/mol. The molecular weight excluding hydrogens is 330 g/mol. The van der Waals surface area contributed by atoms with Crippen molar-refractivity contribution in [3.05, 3.63) is 61.9 Å². The number of hydrogen-bond donors (Lipinski definition) is 0. The molecule has 2 atom stereocenters. The van der Waals surface area contributed by atoms with Crippen molar-refractivity contribution in [2.24, 2.45) is 5.92 Å². The molecule has 1 aliphatic rings. The Morgan fingerprint density at radius 3 is 2.62 bits per heavy atom. The number of anilines is 1. The standard InChI is InChI=1S/C21H27NO4/c1-15-18(20(24)19(15)23)22-11-6-10-17(14-22)21(26-13-7-12-25-2)16-8-4-3-5-9-16/h3-5,8-9,17,21H,6-7,10-14H2,1-2H3. The molecular formula is C21H27NO4. The fourth-order valence-electron chi connectivity index (χ4n) is 3.89. The number of hydrogen-bond acceptors (Lipinski definition) is 5. The van der Waals surface area contributed by atoms with Crippen LogP contribution in [0.5, 0.6) is 0 Å². The first kappa shape index (κ1) is 18.8. The summed E-state index contributed by atoms with van der Waals surface area (Å²) in [5.41, 5.74) is 1.72. The lowest BCUT2D eigenvalue weighted by Crippen LogP contribution is -2.47. The maximum absolute atomic E-state index is 12.0. The van der Waals surface area contributed by atoms with Crippen LogP contribution in [0.2, 0.25) is 0 Å². The topological polar surface area (TPSA) is 55.8 Å². The fourth-order valence-corrected chi connectivity index (χ4v) is 3.89. The van der Waals surface area contributed by atoms with Crippen LogP contribution in [0.4, 0.5) is 5.69 Å². The zero-order valence-corrected chi connectivity index (χ0v) is 15.6. The first-order chi connectivity index (χ1) is 12.6. The number of methoxy groups -OCH3 is 1. The van der Waals surface area contributed by atoms with Gasteiger partial charge in [0.05, 0.1) is 11.8 Å². The summed E-state index contributed by atoms with van der Waals surface area (Å²) in [5, 5.41) is 0. The molecule has 1 saturated heterocycles. The number of benzene rings is 1. The Morgan fingerprint density at radius 1 is 1.15 bits per heavy atom. The van der Waals surface area contributed by atoms with Gasteiger partial charge in [-0.05, 0) is 31.7 Å². The third-order valence-corrected chi connectivity index (χ3v) is 5.24. The quantitative estimate of drug-likeness (QED) is 0.537. The lowest BCUT2D eigenvalue weighted by Gasteiger charge is -2.39. The highest BCUT2D eigenvalue weighted by molar-refractivity contribution is 5.58. The third kappa shape index (κ3) is 3.89. The molecule has 2 aromatic carbocycles. The van der Waals surface area contributed by atoms with Crippen LogP contribution < -0.4 is 15.8 Å². The van der Waals surface area contributed by atoms with E-state index in [1.54, 1.807) is 14.0 Å². The van der Waals surface area contributed by atoms with Gasteiger partial charge in [0.2, 0.25) is 10.9 Å². The molecule has 0 aromatic heterocycles. The Hall–Kier alpha value is -1.98. The van der Waals surface area contributed by atoms with Crippen LogP contribution in [0.3, 0.4) is 0 Å². The van der Waals surface area contributed by atoms with Gasteiger partial charge in [-0.25, -0.2) is 0 Å². The molecule has 0 aliphatic carbocycles. The van der Waals surface area contributed by atoms with Crippen LogP contribution in [-0.2, 0) is 9.47 Å². The molecule has 0 saturated carbocycles. The van der Waals surface area contributed by atoms with Crippen molar-refractivity contribution >= 4 is 5.69 Å². The van der Waals surface area contributed by atoms with Crippen LogP contribution in [0.15, 0.2) is 39.9 Å². The highest BCUT2D eigenvalue weighted by atomic mass is 16.5. The van der Waals surface area contributed by atoms with Crippen molar-refractivity contribution < 1.29 is 9.47 Å². The zero-order valence-electron chi connectivity index (χ0n) is 15.6. The van der Waals surface area contributed by atoms with E-state index in [0.29, 0.717) is 24.5 Å². The van der Waals surface area contributed by atoms with E-state index >= 15 is 0 Å². The van der Waals surface area contributed by atoms with Gasteiger partial charge in [-0.15, -0.1) is 0 Å². The third-order valence-electron chi connectivity index (χ3n) is 5.24. The van der Waals surface area contributed by atoms with E-state index in [1.165, 1.54) is 5.56 Å². The molecule has 0 radical (unpaired) electrons. The normalized spacial score (nSPS) is 19.0. The summed E-state index contributed by atoms with van der Waals surface area (Å²) in [6.07, 6.45) is 2.89. The van der Waals surface area contributed by atoms with E-state index in [0.717, 1.165) is 32.4 Å². The molecule has 2 aromatic rings. The monoisotopic (exact) mass is 357 g/mol. The minimum Gasteiger partial charge on any atom is -0.385 e. The van der Waals surface area contributed by atoms with Crippen LogP contribution in [0.1, 0.15) is 36.5 Å². The van der Waals surface area contributed by atoms with E-state index in [2.05, 4.69) is 17.0 Å². The zero-order chi connectivity index (χ0) is 18.5. The molecule has 1 fully saturated rings. The van der Waals surface area contributed by atoms with Crippen molar-refractivity contribution in [2.75, 3.05) is 38.3 Å². The highest BCUT2D eigenvalue weighted by Crippen LogP contribution is 2.34. The second-order valence-electron chi connectivity index (χ2n) is 7.03. The summed E-state index contributed by atoms with van der Waals surface area (Å²) >= 11 is 0. The molecule has 0 bridgehead atoms. The van der Waals surface area contributed by atoms with E-state index < -0.39 is 0 Å². The Morgan fingerprint density at radius 2 is 1.92 bits per heavy atom. The largest absolute Gasteiger partial charge is 0.385 e. The molecule has 1 aliphatic heterocycles. The summed E-state index contributed by atoms with van der Waals surface area (Å²) < 4.78 is 11.4. The molecule has 0 N–H and O–H groups in total. The average Bonchev–Trinajstić information content (AvgIpc) is 2.69. The van der Waals surface area contributed by atoms with E-state index in [9.17, 15) is 9.59 Å². The predicted octanol–water partition coefficient (Wildman–Crippen LogP) is 2.60. The minimum atomic E-state index is -0.336. The second kappa shape index (κ2) is 8.60. The molecule has 5 nitrogen and oxygen atoms in total. The molecule has 26 heavy (non-hydrogen) atoms. The van der Waals surface area contributed by atoms with E-state index in [-0.39, 0.29) is 22.9 Å². The first-order valence-corrected chi connectivity index (χ1v) is 9.33. The Labute approximate surface area is 154 Å². The van der Waals surface area contributed by atoms with Crippen molar-refractivity contribution in [1.82, 2.24) is 0 Å². The van der Waals surface area contributed by atoms with Gasteiger partial charge in [-0.3, -0.25) is 9.59 Å². The number of nitrogens with zero attached hydrogens (tertiary/aromatic N) is 1. The summed E-state index contributed by atoms with van der Waals surface area (Å²) in [5.74, 6) is 0.289. The smallest absolute Gasteiger partial charge is 0.249 e. The number of ether oxygens (including phenoxy) is 2. The van der Waals surface area contributed by atoms with Gasteiger partial charge in [0, 0.05) is 44.9 Å². The molecule has 3 rings (SSSR count). The van der Waals surface area contributed by atoms with Gasteiger partial charge in [0.1, 0.15) is 0 Å². The molecule has 0 spiro atoms. The molecule has 1 heterocycles. The number of piperidine rings is 1. The van der Waals surface area contributed by atoms with E-state index in [4.69, 9.17) is 9.47 Å². The van der Waals surface area contributed by atoms with Gasteiger partial charge < -0.3 is 14.4 Å². The van der Waals surface area contributed by atoms with Crippen molar-refractivity contribution in [2.45, 2.75) is 32.3 Å². The highest BCUT2D eigenvalue weighted by Gasteiger charge is 2.32. The van der Waals surface area contributed by atoms with Gasteiger partial charge in [-0.1, -0.05) is 30.3 Å². The number of rotatable bonds is 8. The minimum absolute atomic E-state index is 0.0114. The van der Waals surface area contributed by atoms with Crippen LogP contribution in [0.25, 0.3) is 0 Å². The first-order valence-electron chi connectivity index (χ1n) is 9.33. The molecule has 0 amide bonds. The van der Waals surface area contributed by atoms with Crippen LogP contribution in [-0.4, -0.2) is 33.4 Å². The maximum atomic E-state index is 12.0. The van der Waals surface area contributed by atoms with Gasteiger partial charge in [0.15, 0.2) is 0 Å². The van der Waals surface area contributed by atoms with Crippen LogP contribution >= 0.6 is 0 Å². The Bertz CT molecular complexity index is 779. The Balaban J connectivity index is 1.75. The summed E-state index contributed by atoms with van der Waals surface area (Å²) in [6.45, 7) is 4.64. The summed E-state index contributed by atoms with van der Waals surface area (Å²) in [7, 11) is 1.70. The summed E-state index contributed by atoms with van der Waals surface area (Å²) in [4.78, 5) is 25.6. The SMILES string of the molecule is COCCCOC(c1ccccc1)C1CCCN(c2c(C)c(=O)c2=O)C1. The van der Waals surface area contributed by atoms with Crippen molar-refractivity contribution in [1.29, 1.82) is 0 Å². The lowest BCUT2D eigenvalue weighted by molar-refractivity contribution is -0.00237. The molecule has 5 heteroatoms. The van der Waals surface area contributed by atoms with E-state index in [1.807, 2.05) is 18.2 Å². The maximum Gasteiger partial charge on any atom is 0.249 e. The van der Waals surface area contributed by atoms with Gasteiger partial charge >= 0.3 is 0 Å². The van der Waals surface area contributed by atoms with Crippen molar-refractivity contribution in [3.8, 4) is 0 Å². The second-order valence-corrected chi connectivity index (χ2v) is 7.03. The van der Waals surface area contributed by atoms with Gasteiger partial charge in [-0.2, -0.15) is 0 Å². The fraction of sp³-hybridized carbons (Fsp3) is 0.524. The predicted molar refractivity (Wildman–Crippen MR) is 103 cm³/mol. The lowest BCUT2D eigenvalue weighted by atomic mass is 9.87. The molecule has 2 unspecified atom stereocenters. The van der Waals surface area contributed by atoms with Gasteiger partial charge in [0.25, 0.3) is 0 Å². The summed E-state index contributed by atoms with van der Waals surface area (Å²) in [6, 6.07) is 10.3. The Kier molecular flexibility index (Phi) is 6.22. The van der Waals surface area contributed by atoms with Crippen molar-refractivity contribution in [3.63, 3.8) is 0 Å².